The fourth-order valence-electron chi connectivity index (χ4n) is 1.79. The molecule has 1 aromatic heterocycles. The van der Waals surface area contributed by atoms with Gasteiger partial charge >= 0.3 is 0 Å². The number of nitrogens with one attached hydrogen (secondary N) is 2. The van der Waals surface area contributed by atoms with E-state index in [-0.39, 0.29) is 11.4 Å². The van der Waals surface area contributed by atoms with Crippen molar-refractivity contribution in [3.63, 3.8) is 0 Å². The fourth-order valence-corrected chi connectivity index (χ4v) is 3.44. The Morgan fingerprint density at radius 2 is 1.89 bits per heavy atom. The molecule has 102 valence electrons. The SMILES string of the molecule is Cc1n[nH]c(C)c1S(=O)(=O)NCc1ccc(Br)cc1. The van der Waals surface area contributed by atoms with Gasteiger partial charge in [-0.25, -0.2) is 13.1 Å². The first-order valence-corrected chi connectivity index (χ1v) is 7.93. The molecule has 0 unspecified atom stereocenters. The van der Waals surface area contributed by atoms with Crippen LogP contribution >= 0.6 is 15.9 Å². The monoisotopic (exact) mass is 343 g/mol. The van der Waals surface area contributed by atoms with Crippen molar-refractivity contribution in [2.75, 3.05) is 0 Å². The highest BCUT2D eigenvalue weighted by Gasteiger charge is 2.21. The van der Waals surface area contributed by atoms with E-state index in [1.54, 1.807) is 13.8 Å². The summed E-state index contributed by atoms with van der Waals surface area (Å²) < 4.78 is 27.9. The minimum Gasteiger partial charge on any atom is -0.281 e. The van der Waals surface area contributed by atoms with Gasteiger partial charge in [-0.2, -0.15) is 5.10 Å². The number of hydrogen-bond acceptors (Lipinski definition) is 3. The molecule has 0 aliphatic heterocycles. The number of H-pyrrole nitrogens is 1. The van der Waals surface area contributed by atoms with E-state index in [4.69, 9.17) is 0 Å². The van der Waals surface area contributed by atoms with Gasteiger partial charge in [-0.15, -0.1) is 0 Å². The van der Waals surface area contributed by atoms with Crippen molar-refractivity contribution in [3.8, 4) is 0 Å². The van der Waals surface area contributed by atoms with Crippen molar-refractivity contribution in [2.45, 2.75) is 25.3 Å². The van der Waals surface area contributed by atoms with Crippen LogP contribution < -0.4 is 4.72 Å². The summed E-state index contributed by atoms with van der Waals surface area (Å²) in [4.78, 5) is 0.226. The molecule has 19 heavy (non-hydrogen) atoms. The Morgan fingerprint density at radius 3 is 2.42 bits per heavy atom. The third kappa shape index (κ3) is 3.23. The molecule has 7 heteroatoms. The summed E-state index contributed by atoms with van der Waals surface area (Å²) in [6.45, 7) is 3.60. The maximum Gasteiger partial charge on any atom is 0.244 e. The summed E-state index contributed by atoms with van der Waals surface area (Å²) in [6, 6.07) is 7.47. The van der Waals surface area contributed by atoms with E-state index in [0.29, 0.717) is 11.4 Å². The van der Waals surface area contributed by atoms with Crippen LogP contribution in [0.1, 0.15) is 17.0 Å². The molecular weight excluding hydrogens is 330 g/mol. The van der Waals surface area contributed by atoms with Crippen LogP contribution in [0.4, 0.5) is 0 Å². The zero-order valence-corrected chi connectivity index (χ0v) is 13.0. The second kappa shape index (κ2) is 5.44. The predicted molar refractivity (Wildman–Crippen MR) is 76.2 cm³/mol. The molecule has 2 aromatic rings. The predicted octanol–water partition coefficient (Wildman–Crippen LogP) is 2.27. The number of nitrogens with zero attached hydrogens (tertiary/aromatic N) is 1. The summed E-state index contributed by atoms with van der Waals surface area (Å²) in [5, 5.41) is 6.57. The molecule has 0 bridgehead atoms. The molecule has 1 aromatic carbocycles. The molecule has 0 radical (unpaired) electrons. The highest BCUT2D eigenvalue weighted by molar-refractivity contribution is 9.10. The van der Waals surface area contributed by atoms with Gasteiger partial charge in [0, 0.05) is 11.0 Å². The summed E-state index contributed by atoms with van der Waals surface area (Å²) in [5.74, 6) is 0. The number of aromatic nitrogens is 2. The Balaban J connectivity index is 2.17. The van der Waals surface area contributed by atoms with Crippen molar-refractivity contribution in [3.05, 3.63) is 45.7 Å². The maximum atomic E-state index is 12.2. The molecule has 5 nitrogen and oxygen atoms in total. The van der Waals surface area contributed by atoms with Gasteiger partial charge in [-0.1, -0.05) is 28.1 Å². The summed E-state index contributed by atoms with van der Waals surface area (Å²) in [7, 11) is -3.54. The Bertz CT molecular complexity index is 658. The lowest BCUT2D eigenvalue weighted by Gasteiger charge is -2.07. The quantitative estimate of drug-likeness (QED) is 0.894. The molecule has 0 aliphatic rings. The van der Waals surface area contributed by atoms with Crippen molar-refractivity contribution < 1.29 is 8.42 Å². The van der Waals surface area contributed by atoms with E-state index in [2.05, 4.69) is 30.8 Å². The molecule has 0 fully saturated rings. The van der Waals surface area contributed by atoms with Gasteiger partial charge in [0.2, 0.25) is 10.0 Å². The number of hydrogen-bond donors (Lipinski definition) is 2. The number of aryl methyl sites for hydroxylation is 2. The van der Waals surface area contributed by atoms with Crippen molar-refractivity contribution in [1.82, 2.24) is 14.9 Å². The zero-order chi connectivity index (χ0) is 14.0. The number of rotatable bonds is 4. The van der Waals surface area contributed by atoms with E-state index in [9.17, 15) is 8.42 Å². The molecular formula is C12H14BrN3O2S. The first-order chi connectivity index (χ1) is 8.90. The topological polar surface area (TPSA) is 74.8 Å². The second-order valence-corrected chi connectivity index (χ2v) is 6.83. The zero-order valence-electron chi connectivity index (χ0n) is 10.6. The van der Waals surface area contributed by atoms with Gasteiger partial charge in [0.15, 0.2) is 0 Å². The molecule has 0 saturated carbocycles. The van der Waals surface area contributed by atoms with Crippen LogP contribution in [-0.2, 0) is 16.6 Å². The summed E-state index contributed by atoms with van der Waals surface area (Å²) in [6.07, 6.45) is 0. The van der Waals surface area contributed by atoms with Gasteiger partial charge in [-0.05, 0) is 31.5 Å². The largest absolute Gasteiger partial charge is 0.281 e. The minimum absolute atomic E-state index is 0.226. The molecule has 1 heterocycles. The lowest BCUT2D eigenvalue weighted by Crippen LogP contribution is -2.24. The third-order valence-electron chi connectivity index (χ3n) is 2.71. The first-order valence-electron chi connectivity index (χ1n) is 5.66. The molecule has 0 amide bonds. The van der Waals surface area contributed by atoms with Crippen LogP contribution in [0, 0.1) is 13.8 Å². The number of sulfonamides is 1. The lowest BCUT2D eigenvalue weighted by molar-refractivity contribution is 0.580. The molecule has 0 spiro atoms. The second-order valence-electron chi connectivity index (χ2n) is 4.21. The fraction of sp³-hybridized carbons (Fsp3) is 0.250. The standard InChI is InChI=1S/C12H14BrN3O2S/c1-8-12(9(2)16-15-8)19(17,18)14-7-10-3-5-11(13)6-4-10/h3-6,14H,7H2,1-2H3,(H,15,16). The number of halogens is 1. The van der Waals surface area contributed by atoms with E-state index >= 15 is 0 Å². The Morgan fingerprint density at radius 1 is 1.26 bits per heavy atom. The molecule has 2 N–H and O–H groups in total. The Labute approximate surface area is 120 Å². The minimum atomic E-state index is -3.54. The molecule has 0 aliphatic carbocycles. The third-order valence-corrected chi connectivity index (χ3v) is 4.90. The Hall–Kier alpha value is -1.18. The Kier molecular flexibility index (Phi) is 4.07. The van der Waals surface area contributed by atoms with E-state index in [1.807, 2.05) is 24.3 Å². The lowest BCUT2D eigenvalue weighted by atomic mass is 10.2. The smallest absolute Gasteiger partial charge is 0.244 e. The van der Waals surface area contributed by atoms with Gasteiger partial charge in [0.05, 0.1) is 11.4 Å². The average Bonchev–Trinajstić information content (AvgIpc) is 2.69. The summed E-state index contributed by atoms with van der Waals surface area (Å²) >= 11 is 3.34. The number of aromatic amines is 1. The average molecular weight is 344 g/mol. The summed E-state index contributed by atoms with van der Waals surface area (Å²) in [5.41, 5.74) is 1.91. The van der Waals surface area contributed by atoms with Crippen LogP contribution in [0.3, 0.4) is 0 Å². The van der Waals surface area contributed by atoms with Crippen LogP contribution in [0.15, 0.2) is 33.6 Å². The normalized spacial score (nSPS) is 11.7. The maximum absolute atomic E-state index is 12.2. The van der Waals surface area contributed by atoms with Crippen molar-refractivity contribution in [1.29, 1.82) is 0 Å². The van der Waals surface area contributed by atoms with Crippen LogP contribution in [0.25, 0.3) is 0 Å². The van der Waals surface area contributed by atoms with Crippen LogP contribution in [0.2, 0.25) is 0 Å². The highest BCUT2D eigenvalue weighted by atomic mass is 79.9. The first kappa shape index (κ1) is 14.2. The van der Waals surface area contributed by atoms with Crippen molar-refractivity contribution >= 4 is 26.0 Å². The van der Waals surface area contributed by atoms with Crippen LogP contribution in [0.5, 0.6) is 0 Å². The van der Waals surface area contributed by atoms with Gasteiger partial charge in [-0.3, -0.25) is 5.10 Å². The van der Waals surface area contributed by atoms with Crippen molar-refractivity contribution in [2.24, 2.45) is 0 Å². The molecule has 0 atom stereocenters. The van der Waals surface area contributed by atoms with E-state index in [0.717, 1.165) is 10.0 Å². The molecule has 2 rings (SSSR count). The van der Waals surface area contributed by atoms with E-state index < -0.39 is 10.0 Å². The number of benzene rings is 1. The van der Waals surface area contributed by atoms with Gasteiger partial charge in [0.25, 0.3) is 0 Å². The van der Waals surface area contributed by atoms with E-state index in [1.165, 1.54) is 0 Å². The van der Waals surface area contributed by atoms with Gasteiger partial charge < -0.3 is 0 Å². The highest BCUT2D eigenvalue weighted by Crippen LogP contribution is 2.17. The van der Waals surface area contributed by atoms with Crippen LogP contribution in [-0.4, -0.2) is 18.6 Å². The molecule has 0 saturated heterocycles. The van der Waals surface area contributed by atoms with Gasteiger partial charge in [0.1, 0.15) is 4.90 Å².